The Labute approximate surface area is 200 Å². The number of aromatic nitrogens is 2. The molecule has 1 aromatic rings. The Kier molecular flexibility index (Phi) is 7.18. The summed E-state index contributed by atoms with van der Waals surface area (Å²) >= 11 is 0. The van der Waals surface area contributed by atoms with E-state index >= 15 is 0 Å². The lowest BCUT2D eigenvalue weighted by atomic mass is 9.84. The average molecular weight is 511 g/mol. The number of rotatable bonds is 6. The van der Waals surface area contributed by atoms with Crippen LogP contribution < -0.4 is 5.32 Å². The van der Waals surface area contributed by atoms with Gasteiger partial charge in [0.2, 0.25) is 0 Å². The van der Waals surface area contributed by atoms with Crippen LogP contribution in [-0.2, 0) is 11.3 Å². The maximum Gasteiger partial charge on any atom is 0.402 e. The third kappa shape index (κ3) is 5.33. The van der Waals surface area contributed by atoms with Gasteiger partial charge in [0.1, 0.15) is 6.04 Å². The smallest absolute Gasteiger partial charge is 0.402 e. The predicted octanol–water partition coefficient (Wildman–Crippen LogP) is 4.73. The molecule has 3 aliphatic rings. The topological polar surface area (TPSA) is 70.4 Å². The number of hydrogen-bond acceptors (Lipinski definition) is 4. The van der Waals surface area contributed by atoms with Crippen molar-refractivity contribution in [2.24, 2.45) is 17.8 Å². The number of hydrogen-bond donors (Lipinski definition) is 2. The van der Waals surface area contributed by atoms with Gasteiger partial charge in [0.15, 0.2) is 5.92 Å². The highest BCUT2D eigenvalue weighted by atomic mass is 19.4. The highest BCUT2D eigenvalue weighted by Gasteiger charge is 2.66. The summed E-state index contributed by atoms with van der Waals surface area (Å²) < 4.78 is 83.0. The van der Waals surface area contributed by atoms with E-state index in [1.54, 1.807) is 4.90 Å². The number of likely N-dealkylation sites (tertiary alicyclic amines) is 1. The van der Waals surface area contributed by atoms with Crippen LogP contribution in [0.15, 0.2) is 6.07 Å². The summed E-state index contributed by atoms with van der Waals surface area (Å²) in [5.74, 6) is -6.81. The molecule has 198 valence electrons. The fraction of sp³-hybridized carbons (Fsp3) is 0.826. The van der Waals surface area contributed by atoms with Crippen molar-refractivity contribution in [1.29, 1.82) is 0 Å². The molecule has 2 saturated heterocycles. The molecule has 4 unspecified atom stereocenters. The van der Waals surface area contributed by atoms with Crippen LogP contribution in [0.3, 0.4) is 0 Å². The van der Waals surface area contributed by atoms with Crippen molar-refractivity contribution in [2.75, 3.05) is 13.1 Å². The normalized spacial score (nSPS) is 28.9. The van der Waals surface area contributed by atoms with E-state index in [2.05, 4.69) is 5.32 Å². The molecule has 0 bridgehead atoms. The Morgan fingerprint density at radius 2 is 1.69 bits per heavy atom. The Morgan fingerprint density at radius 1 is 1.09 bits per heavy atom. The van der Waals surface area contributed by atoms with Gasteiger partial charge in [-0.1, -0.05) is 33.1 Å². The van der Waals surface area contributed by atoms with E-state index in [1.165, 1.54) is 0 Å². The van der Waals surface area contributed by atoms with E-state index in [0.717, 1.165) is 43.5 Å². The van der Waals surface area contributed by atoms with Gasteiger partial charge in [0.25, 0.3) is 0 Å². The number of nitrogens with zero attached hydrogens (tertiary/aromatic N) is 3. The monoisotopic (exact) mass is 510 g/mol. The van der Waals surface area contributed by atoms with Gasteiger partial charge in [-0.2, -0.15) is 31.4 Å². The minimum atomic E-state index is -5.53. The molecular formula is C23H32F6N4O2. The average Bonchev–Trinajstić information content (AvgIpc) is 3.41. The van der Waals surface area contributed by atoms with E-state index < -0.39 is 48.2 Å². The van der Waals surface area contributed by atoms with Crippen LogP contribution in [0.2, 0.25) is 0 Å². The van der Waals surface area contributed by atoms with Crippen LogP contribution in [0.5, 0.6) is 0 Å². The van der Waals surface area contributed by atoms with E-state index in [9.17, 15) is 36.2 Å². The largest absolute Gasteiger partial charge is 0.480 e. The summed E-state index contributed by atoms with van der Waals surface area (Å²) in [5, 5.41) is 16.5. The summed E-state index contributed by atoms with van der Waals surface area (Å²) in [6.07, 6.45) is -5.80. The van der Waals surface area contributed by atoms with Crippen molar-refractivity contribution in [3.05, 3.63) is 17.5 Å². The summed E-state index contributed by atoms with van der Waals surface area (Å²) in [7, 11) is 0. The van der Waals surface area contributed by atoms with Gasteiger partial charge in [-0.3, -0.25) is 14.4 Å². The number of aliphatic carboxylic acids is 1. The summed E-state index contributed by atoms with van der Waals surface area (Å²) in [6.45, 7) is 4.41. The highest BCUT2D eigenvalue weighted by Crippen LogP contribution is 2.48. The molecule has 1 aliphatic carbocycles. The molecule has 0 radical (unpaired) electrons. The molecule has 1 aromatic heterocycles. The van der Waals surface area contributed by atoms with Crippen LogP contribution in [0.4, 0.5) is 26.3 Å². The highest BCUT2D eigenvalue weighted by molar-refractivity contribution is 5.74. The molecule has 1 saturated carbocycles. The molecule has 4 rings (SSSR count). The van der Waals surface area contributed by atoms with Crippen LogP contribution >= 0.6 is 0 Å². The van der Waals surface area contributed by atoms with Crippen LogP contribution in [0.1, 0.15) is 69.3 Å². The minimum Gasteiger partial charge on any atom is -0.480 e. The number of carbonyl (C=O) groups is 1. The summed E-state index contributed by atoms with van der Waals surface area (Å²) in [6, 6.07) is -1.32. The second-order valence-electron chi connectivity index (χ2n) is 10.5. The van der Waals surface area contributed by atoms with E-state index in [4.69, 9.17) is 5.10 Å². The quantitative estimate of drug-likeness (QED) is 0.542. The van der Waals surface area contributed by atoms with Gasteiger partial charge < -0.3 is 10.4 Å². The van der Waals surface area contributed by atoms with Crippen molar-refractivity contribution in [3.63, 3.8) is 0 Å². The first kappa shape index (κ1) is 26.2. The second kappa shape index (κ2) is 9.57. The third-order valence-electron chi connectivity index (χ3n) is 7.81. The molecule has 0 amide bonds. The first-order chi connectivity index (χ1) is 16.3. The van der Waals surface area contributed by atoms with Crippen LogP contribution in [-0.4, -0.2) is 63.3 Å². The third-order valence-corrected chi connectivity index (χ3v) is 7.81. The molecule has 35 heavy (non-hydrogen) atoms. The van der Waals surface area contributed by atoms with Gasteiger partial charge in [-0.05, 0) is 30.7 Å². The lowest BCUT2D eigenvalue weighted by Crippen LogP contribution is -2.53. The van der Waals surface area contributed by atoms with Crippen molar-refractivity contribution >= 4 is 5.97 Å². The van der Waals surface area contributed by atoms with Gasteiger partial charge in [0.05, 0.1) is 17.4 Å². The van der Waals surface area contributed by atoms with Gasteiger partial charge >= 0.3 is 18.3 Å². The lowest BCUT2D eigenvalue weighted by Gasteiger charge is -2.32. The Morgan fingerprint density at radius 3 is 2.23 bits per heavy atom. The number of halogens is 6. The molecule has 6 nitrogen and oxygen atoms in total. The first-order valence-corrected chi connectivity index (χ1v) is 12.2. The van der Waals surface area contributed by atoms with Gasteiger partial charge in [0, 0.05) is 31.6 Å². The second-order valence-corrected chi connectivity index (χ2v) is 10.5. The van der Waals surface area contributed by atoms with E-state index in [1.807, 2.05) is 24.6 Å². The molecule has 0 aromatic carbocycles. The number of carboxylic acid groups (broad SMARTS) is 1. The van der Waals surface area contributed by atoms with Gasteiger partial charge in [-0.25, -0.2) is 0 Å². The fourth-order valence-corrected chi connectivity index (χ4v) is 6.17. The van der Waals surface area contributed by atoms with Crippen molar-refractivity contribution in [3.8, 4) is 0 Å². The zero-order valence-corrected chi connectivity index (χ0v) is 19.7. The van der Waals surface area contributed by atoms with Crippen molar-refractivity contribution in [1.82, 2.24) is 20.0 Å². The fourth-order valence-electron chi connectivity index (χ4n) is 6.17. The van der Waals surface area contributed by atoms with Gasteiger partial charge in [-0.15, -0.1) is 0 Å². The molecule has 0 spiro atoms. The lowest BCUT2D eigenvalue weighted by molar-refractivity contribution is -0.293. The number of alkyl halides is 6. The summed E-state index contributed by atoms with van der Waals surface area (Å²) in [4.78, 5) is 13.6. The molecule has 2 aliphatic heterocycles. The molecule has 4 atom stereocenters. The molecule has 3 fully saturated rings. The molecule has 2 N–H and O–H groups in total. The molecule has 3 heterocycles. The van der Waals surface area contributed by atoms with Crippen LogP contribution in [0.25, 0.3) is 0 Å². The molecule has 12 heteroatoms. The van der Waals surface area contributed by atoms with Crippen molar-refractivity contribution in [2.45, 2.75) is 88.9 Å². The zero-order chi connectivity index (χ0) is 25.7. The van der Waals surface area contributed by atoms with E-state index in [0.29, 0.717) is 6.54 Å². The van der Waals surface area contributed by atoms with Crippen molar-refractivity contribution < 1.29 is 36.2 Å². The number of fused-ring (bicyclic) bond motifs is 1. The SMILES string of the molecule is CC(C)c1cc(CN2CC3C(C(=O)O)NC(C(C(F)(F)F)C(F)(F)F)C3C2)n(C2CCCCC2)n1. The molecular weight excluding hydrogens is 478 g/mol. The standard InChI is InChI=1S/C23H32F6N4O2/c1-12(2)17-8-14(33(31-17)13-6-4-3-5-7-13)9-32-10-15-16(11-32)19(21(34)35)30-18(15)20(22(24,25)26)23(27,28)29/h8,12-13,15-16,18-20,30H,3-7,9-11H2,1-2H3,(H,34,35). The number of carboxylic acids is 1. The number of nitrogens with one attached hydrogen (secondary N) is 1. The first-order valence-electron chi connectivity index (χ1n) is 12.2. The maximum absolute atomic E-state index is 13.5. The maximum atomic E-state index is 13.5. The van der Waals surface area contributed by atoms with E-state index in [-0.39, 0.29) is 25.0 Å². The Balaban J connectivity index is 1.59. The minimum absolute atomic E-state index is 0.0400. The van der Waals surface area contributed by atoms with Crippen LogP contribution in [0, 0.1) is 17.8 Å². The Hall–Kier alpha value is -1.82. The zero-order valence-electron chi connectivity index (χ0n) is 19.7. The predicted molar refractivity (Wildman–Crippen MR) is 115 cm³/mol. The Bertz CT molecular complexity index is 895. The summed E-state index contributed by atoms with van der Waals surface area (Å²) in [5.41, 5.74) is 1.77.